The van der Waals surface area contributed by atoms with Crippen LogP contribution in [0.1, 0.15) is 113 Å². The highest BCUT2D eigenvalue weighted by Crippen LogP contribution is 2.29. The maximum Gasteiger partial charge on any atom is 0.410 e. The van der Waals surface area contributed by atoms with Crippen LogP contribution in [0.25, 0.3) is 0 Å². The maximum absolute atomic E-state index is 14.5. The standard InChI is InChI=1S/C22H27F2N5O4.C14H13F2N3O4S.C10H20N2O2.CH4/c1-22(2,3)33-21(31)29-9-7-12(8-10-29)27-20-26-11-13(19(25)28-20)18(30)16-14(23)5-6-15(32-4)17(16)24;1-3-24(21,22)14-18-6-7(13(17)19-14)12(20)10-8(15)4-5-9(23-2)11(10)16;1-10(2,3)14-9(13)12-6-4-8(11)5-7-12;/h5-6,11-12H,7-10H2,1-4H3,(H3,25,26,27,28);4-6H,3H2,1-2H3,(H2,17,18,19);8H,4-7,11H2,1-3H3;1H4. The Kier molecular flexibility index (Phi) is 20.6. The largest absolute Gasteiger partial charge is 0.494 e. The average Bonchev–Trinajstić information content (AvgIpc) is 3.29. The summed E-state index contributed by atoms with van der Waals surface area (Å²) in [7, 11) is -1.37. The first-order chi connectivity index (χ1) is 33.1. The number of likely N-dealkylation sites (tertiary alicyclic amines) is 2. The number of carbonyl (C=O) groups is 4. The number of benzene rings is 2. The molecule has 0 radical (unpaired) electrons. The number of carbonyl (C=O) groups excluding carboxylic acids is 4. The quantitative estimate of drug-likeness (QED) is 0.0726. The lowest BCUT2D eigenvalue weighted by atomic mass is 10.0. The van der Waals surface area contributed by atoms with E-state index in [2.05, 4.69) is 25.3 Å². The third kappa shape index (κ3) is 15.8. The number of nitrogens with one attached hydrogen (secondary N) is 1. The average molecular weight is 1040 g/mol. The number of nitrogens with zero attached hydrogens (tertiary/aromatic N) is 6. The van der Waals surface area contributed by atoms with E-state index in [1.54, 1.807) is 9.80 Å². The summed E-state index contributed by atoms with van der Waals surface area (Å²) in [5.74, 6) is -8.01. The fraction of sp³-hybridized carbons (Fsp3) is 0.489. The molecule has 2 aromatic carbocycles. The van der Waals surface area contributed by atoms with Gasteiger partial charge in [0.1, 0.15) is 34.5 Å². The van der Waals surface area contributed by atoms with Crippen LogP contribution in [0.15, 0.2) is 41.8 Å². The number of aromatic nitrogens is 4. The highest BCUT2D eigenvalue weighted by atomic mass is 32.2. The summed E-state index contributed by atoms with van der Waals surface area (Å²) in [6.45, 7) is 14.9. The predicted molar refractivity (Wildman–Crippen MR) is 259 cm³/mol. The Balaban J connectivity index is 0.000000307. The third-order valence-electron chi connectivity index (χ3n) is 10.4. The SMILES string of the molecule is C.CC(C)(C)OC(=O)N1CCC(N)CC1.CCS(=O)(=O)c1ncc(C(=O)c2c(F)ccc(OC)c2F)c(N)n1.COc1ccc(F)c(C(=O)c2cnc(NC3CCN(C(=O)OC(C)(C)C)CC3)nc2N)c1F. The smallest absolute Gasteiger partial charge is 0.410 e. The van der Waals surface area contributed by atoms with E-state index >= 15 is 0 Å². The zero-order valence-corrected chi connectivity index (χ0v) is 41.7. The first-order valence-corrected chi connectivity index (χ1v) is 23.9. The van der Waals surface area contributed by atoms with Gasteiger partial charge < -0.3 is 51.3 Å². The van der Waals surface area contributed by atoms with Crippen molar-refractivity contribution in [1.82, 2.24) is 29.7 Å². The van der Waals surface area contributed by atoms with E-state index < -0.39 is 83.5 Å². The Bertz CT molecular complexity index is 2690. The molecule has 2 aliphatic rings. The van der Waals surface area contributed by atoms with Crippen molar-refractivity contribution in [2.45, 2.75) is 110 Å². The van der Waals surface area contributed by atoms with Crippen molar-refractivity contribution in [2.75, 3.05) is 62.9 Å². The van der Waals surface area contributed by atoms with Crippen molar-refractivity contribution in [3.8, 4) is 11.5 Å². The molecule has 0 unspecified atom stereocenters. The number of amides is 2. The van der Waals surface area contributed by atoms with Gasteiger partial charge in [0.25, 0.3) is 0 Å². The molecule has 2 aliphatic heterocycles. The van der Waals surface area contributed by atoms with Crippen molar-refractivity contribution >= 4 is 51.2 Å². The topological polar surface area (TPSA) is 287 Å². The van der Waals surface area contributed by atoms with E-state index in [1.807, 2.05) is 41.5 Å². The molecule has 0 atom stereocenters. The number of sulfone groups is 1. The molecule has 25 heteroatoms. The van der Waals surface area contributed by atoms with Gasteiger partial charge in [-0.05, 0) is 91.5 Å². The lowest BCUT2D eigenvalue weighted by molar-refractivity contribution is 0.0197. The molecular weight excluding hydrogens is 973 g/mol. The van der Waals surface area contributed by atoms with Gasteiger partial charge in [0.2, 0.25) is 32.5 Å². The molecule has 4 aromatic rings. The summed E-state index contributed by atoms with van der Waals surface area (Å²) >= 11 is 0. The van der Waals surface area contributed by atoms with Crippen molar-refractivity contribution in [3.63, 3.8) is 0 Å². The van der Waals surface area contributed by atoms with E-state index in [0.717, 1.165) is 69.7 Å². The van der Waals surface area contributed by atoms with E-state index in [0.29, 0.717) is 25.9 Å². The summed E-state index contributed by atoms with van der Waals surface area (Å²) in [5, 5.41) is 2.55. The number of hydrogen-bond donors (Lipinski definition) is 4. The molecule has 7 N–H and O–H groups in total. The number of ketones is 2. The summed E-state index contributed by atoms with van der Waals surface area (Å²) < 4.78 is 100. The Labute approximate surface area is 416 Å². The van der Waals surface area contributed by atoms with Crippen LogP contribution in [0.3, 0.4) is 0 Å². The second-order valence-electron chi connectivity index (χ2n) is 18.1. The Morgan fingerprint density at radius 1 is 0.694 bits per heavy atom. The van der Waals surface area contributed by atoms with Crippen LogP contribution in [0.5, 0.6) is 11.5 Å². The molecule has 0 saturated carbocycles. The molecule has 0 bridgehead atoms. The van der Waals surface area contributed by atoms with Gasteiger partial charge in [0.15, 0.2) is 23.1 Å². The molecule has 2 fully saturated rings. The normalized spacial score (nSPS) is 14.3. The number of hydrogen-bond acceptors (Lipinski definition) is 18. The molecule has 72 heavy (non-hydrogen) atoms. The second kappa shape index (κ2) is 25.0. The zero-order chi connectivity index (χ0) is 53.2. The summed E-state index contributed by atoms with van der Waals surface area (Å²) in [6.07, 6.45) is 4.38. The van der Waals surface area contributed by atoms with E-state index in [4.69, 9.17) is 36.1 Å². The van der Waals surface area contributed by atoms with Crippen LogP contribution in [0, 0.1) is 23.3 Å². The Morgan fingerprint density at radius 3 is 1.47 bits per heavy atom. The van der Waals surface area contributed by atoms with Crippen LogP contribution in [-0.4, -0.2) is 131 Å². The van der Waals surface area contributed by atoms with Gasteiger partial charge in [0.05, 0.1) is 42.2 Å². The van der Waals surface area contributed by atoms with Gasteiger partial charge in [-0.2, -0.15) is 4.98 Å². The van der Waals surface area contributed by atoms with Crippen molar-refractivity contribution < 1.29 is 64.1 Å². The maximum atomic E-state index is 14.5. The molecule has 2 saturated heterocycles. The number of piperidine rings is 2. The number of anilines is 3. The first kappa shape index (κ1) is 59.4. The fourth-order valence-corrected chi connectivity index (χ4v) is 7.37. The van der Waals surface area contributed by atoms with Crippen molar-refractivity contribution in [2.24, 2.45) is 5.73 Å². The van der Waals surface area contributed by atoms with Gasteiger partial charge in [-0.1, -0.05) is 14.4 Å². The summed E-state index contributed by atoms with van der Waals surface area (Å²) in [5.41, 5.74) is 13.9. The first-order valence-electron chi connectivity index (χ1n) is 22.2. The minimum Gasteiger partial charge on any atom is -0.494 e. The molecule has 2 amide bonds. The van der Waals surface area contributed by atoms with Crippen LogP contribution in [-0.2, 0) is 19.3 Å². The van der Waals surface area contributed by atoms with Crippen LogP contribution in [0.4, 0.5) is 44.7 Å². The van der Waals surface area contributed by atoms with Gasteiger partial charge in [-0.15, -0.1) is 0 Å². The number of ether oxygens (including phenoxy) is 4. The number of nitrogens with two attached hydrogens (primary N) is 3. The molecule has 20 nitrogen and oxygen atoms in total. The molecule has 4 heterocycles. The summed E-state index contributed by atoms with van der Waals surface area (Å²) in [4.78, 5) is 67.5. The van der Waals surface area contributed by atoms with Crippen molar-refractivity contribution in [3.05, 3.63) is 82.2 Å². The van der Waals surface area contributed by atoms with Crippen LogP contribution >= 0.6 is 0 Å². The third-order valence-corrected chi connectivity index (χ3v) is 12.0. The molecule has 0 spiro atoms. The highest BCUT2D eigenvalue weighted by molar-refractivity contribution is 7.91. The molecule has 2 aromatic heterocycles. The van der Waals surface area contributed by atoms with Crippen LogP contribution < -0.4 is 32.0 Å². The van der Waals surface area contributed by atoms with E-state index in [9.17, 15) is 45.2 Å². The zero-order valence-electron chi connectivity index (χ0n) is 40.9. The van der Waals surface area contributed by atoms with E-state index in [-0.39, 0.29) is 66.3 Å². The Morgan fingerprint density at radius 2 is 1.10 bits per heavy atom. The summed E-state index contributed by atoms with van der Waals surface area (Å²) in [6, 6.07) is 4.13. The Hall–Kier alpha value is -6.89. The highest BCUT2D eigenvalue weighted by Gasteiger charge is 2.30. The van der Waals surface area contributed by atoms with E-state index in [1.165, 1.54) is 14.0 Å². The number of methoxy groups -OCH3 is 2. The number of rotatable bonds is 10. The van der Waals surface area contributed by atoms with Crippen molar-refractivity contribution in [1.29, 1.82) is 0 Å². The fourth-order valence-electron chi connectivity index (χ4n) is 6.66. The predicted octanol–water partition coefficient (Wildman–Crippen LogP) is 6.74. The molecule has 6 rings (SSSR count). The van der Waals surface area contributed by atoms with Gasteiger partial charge >= 0.3 is 12.2 Å². The van der Waals surface area contributed by atoms with Gasteiger partial charge in [-0.25, -0.2) is 50.5 Å². The number of nitrogen functional groups attached to an aromatic ring is 2. The lowest BCUT2D eigenvalue weighted by Crippen LogP contribution is -2.44. The minimum absolute atomic E-state index is 0. The second-order valence-corrected chi connectivity index (χ2v) is 20.2. The van der Waals surface area contributed by atoms with Gasteiger partial charge in [-0.3, -0.25) is 9.59 Å². The lowest BCUT2D eigenvalue weighted by Gasteiger charge is -2.33. The molecule has 0 aliphatic carbocycles. The molecular formula is C47H64F4N10O10S. The van der Waals surface area contributed by atoms with Crippen LogP contribution in [0.2, 0.25) is 0 Å². The molecule has 396 valence electrons. The number of halogens is 4. The van der Waals surface area contributed by atoms with Gasteiger partial charge in [0, 0.05) is 50.7 Å². The monoisotopic (exact) mass is 1040 g/mol. The minimum atomic E-state index is -3.74.